The zero-order chi connectivity index (χ0) is 16.8. The van der Waals surface area contributed by atoms with E-state index in [1.54, 1.807) is 6.08 Å². The molecule has 2 heterocycles. The number of nitrogens with one attached hydrogen (secondary N) is 1. The SMILES string of the molecule is CN(C)Cc1cccc(C/C=C(/O)CNc2n[s+]([O-])nc2N)n1. The van der Waals surface area contributed by atoms with Gasteiger partial charge in [-0.15, -0.1) is 0 Å². The number of allylic oxidation sites excluding steroid dienone is 1. The van der Waals surface area contributed by atoms with E-state index in [0.717, 1.165) is 17.9 Å². The number of aliphatic hydroxyl groups excluding tert-OH is 1. The lowest BCUT2D eigenvalue weighted by molar-refractivity contribution is 0.396. The Hall–Kier alpha value is -2.23. The number of pyridine rings is 1. The van der Waals surface area contributed by atoms with Gasteiger partial charge >= 0.3 is 0 Å². The van der Waals surface area contributed by atoms with E-state index in [-0.39, 0.29) is 23.9 Å². The molecule has 0 bridgehead atoms. The van der Waals surface area contributed by atoms with Crippen molar-refractivity contribution in [1.82, 2.24) is 18.6 Å². The van der Waals surface area contributed by atoms with E-state index >= 15 is 0 Å². The molecule has 1 atom stereocenters. The highest BCUT2D eigenvalue weighted by atomic mass is 32.2. The number of nitrogens with two attached hydrogens (primary N) is 1. The monoisotopic (exact) mass is 336 g/mol. The molecule has 2 aromatic heterocycles. The summed E-state index contributed by atoms with van der Waals surface area (Å²) in [6.07, 6.45) is 2.17. The Labute approximate surface area is 137 Å². The number of aromatic nitrogens is 3. The van der Waals surface area contributed by atoms with Crippen LogP contribution in [0.15, 0.2) is 30.0 Å². The molecule has 124 valence electrons. The fourth-order valence-corrected chi connectivity index (χ4v) is 2.53. The summed E-state index contributed by atoms with van der Waals surface area (Å²) < 4.78 is 18.3. The van der Waals surface area contributed by atoms with Gasteiger partial charge in [0.05, 0.1) is 12.2 Å². The lowest BCUT2D eigenvalue weighted by Gasteiger charge is -2.09. The van der Waals surface area contributed by atoms with Crippen LogP contribution in [-0.4, -0.2) is 48.9 Å². The van der Waals surface area contributed by atoms with Gasteiger partial charge in [-0.3, -0.25) is 4.98 Å². The first-order chi connectivity index (χ1) is 10.9. The van der Waals surface area contributed by atoms with Gasteiger partial charge in [0, 0.05) is 27.4 Å². The van der Waals surface area contributed by atoms with Gasteiger partial charge in [-0.1, -0.05) is 6.07 Å². The average molecular weight is 336 g/mol. The topological polar surface area (TPSA) is 123 Å². The number of rotatable bonds is 7. The van der Waals surface area contributed by atoms with Gasteiger partial charge in [-0.2, -0.15) is 0 Å². The van der Waals surface area contributed by atoms with Crippen molar-refractivity contribution in [3.05, 3.63) is 41.4 Å². The molecule has 0 fully saturated rings. The zero-order valence-corrected chi connectivity index (χ0v) is 13.9. The van der Waals surface area contributed by atoms with E-state index in [4.69, 9.17) is 5.73 Å². The minimum Gasteiger partial charge on any atom is -0.546 e. The van der Waals surface area contributed by atoms with Crippen molar-refractivity contribution in [1.29, 1.82) is 0 Å². The van der Waals surface area contributed by atoms with E-state index < -0.39 is 11.1 Å². The summed E-state index contributed by atoms with van der Waals surface area (Å²) in [5.41, 5.74) is 7.37. The fourth-order valence-electron chi connectivity index (χ4n) is 1.92. The molecule has 1 unspecified atom stereocenters. The van der Waals surface area contributed by atoms with Crippen LogP contribution in [0.1, 0.15) is 11.4 Å². The van der Waals surface area contributed by atoms with Crippen molar-refractivity contribution < 1.29 is 9.66 Å². The summed E-state index contributed by atoms with van der Waals surface area (Å²) in [4.78, 5) is 6.57. The molecule has 2 aromatic rings. The van der Waals surface area contributed by atoms with E-state index in [1.807, 2.05) is 37.2 Å². The number of hydrogen-bond donors (Lipinski definition) is 3. The maximum Gasteiger partial charge on any atom is 0.232 e. The van der Waals surface area contributed by atoms with Crippen LogP contribution in [0.25, 0.3) is 0 Å². The van der Waals surface area contributed by atoms with Crippen molar-refractivity contribution >= 4 is 22.8 Å². The Bertz CT molecular complexity index is 686. The summed E-state index contributed by atoms with van der Waals surface area (Å²) in [6, 6.07) is 5.82. The third-order valence-corrected chi connectivity index (χ3v) is 3.61. The highest BCUT2D eigenvalue weighted by Crippen LogP contribution is 2.18. The van der Waals surface area contributed by atoms with E-state index in [0.29, 0.717) is 6.42 Å². The number of nitrogen functional groups attached to an aromatic ring is 1. The number of aliphatic hydroxyl groups is 1. The zero-order valence-electron chi connectivity index (χ0n) is 13.1. The molecule has 23 heavy (non-hydrogen) atoms. The summed E-state index contributed by atoms with van der Waals surface area (Å²) in [6.45, 7) is 0.893. The van der Waals surface area contributed by atoms with E-state index in [9.17, 15) is 9.66 Å². The number of hydrogen-bond acceptors (Lipinski definition) is 8. The van der Waals surface area contributed by atoms with Gasteiger partial charge in [0.15, 0.2) is 11.1 Å². The van der Waals surface area contributed by atoms with Gasteiger partial charge in [-0.05, 0) is 32.3 Å². The molecule has 8 nitrogen and oxygen atoms in total. The molecule has 0 aliphatic carbocycles. The summed E-state index contributed by atoms with van der Waals surface area (Å²) in [5, 5.41) is 12.7. The van der Waals surface area contributed by atoms with Crippen molar-refractivity contribution in [2.24, 2.45) is 0 Å². The predicted octanol–water partition coefficient (Wildman–Crippen LogP) is 1.34. The van der Waals surface area contributed by atoms with Crippen LogP contribution in [0.4, 0.5) is 11.6 Å². The minimum absolute atomic E-state index is 0.0780. The maximum absolute atomic E-state index is 11.1. The molecule has 0 spiro atoms. The Morgan fingerprint density at radius 3 is 2.78 bits per heavy atom. The van der Waals surface area contributed by atoms with Crippen LogP contribution in [0.3, 0.4) is 0 Å². The second kappa shape index (κ2) is 7.86. The van der Waals surface area contributed by atoms with Crippen molar-refractivity contribution in [2.75, 3.05) is 31.7 Å². The minimum atomic E-state index is -1.67. The lowest BCUT2D eigenvalue weighted by atomic mass is 10.2. The van der Waals surface area contributed by atoms with Gasteiger partial charge in [0.1, 0.15) is 5.76 Å². The summed E-state index contributed by atoms with van der Waals surface area (Å²) >= 11 is -1.67. The summed E-state index contributed by atoms with van der Waals surface area (Å²) in [5.74, 6) is 0.432. The van der Waals surface area contributed by atoms with Crippen LogP contribution < -0.4 is 11.1 Å². The van der Waals surface area contributed by atoms with Crippen molar-refractivity contribution in [2.45, 2.75) is 13.0 Å². The molecule has 2 rings (SSSR count). The third kappa shape index (κ3) is 5.47. The fraction of sp³-hybridized carbons (Fsp3) is 0.357. The molecule has 0 saturated heterocycles. The van der Waals surface area contributed by atoms with Gasteiger partial charge < -0.3 is 25.6 Å². The predicted molar refractivity (Wildman–Crippen MR) is 89.6 cm³/mol. The molecule has 9 heteroatoms. The van der Waals surface area contributed by atoms with Gasteiger partial charge in [0.25, 0.3) is 0 Å². The van der Waals surface area contributed by atoms with E-state index in [2.05, 4.69) is 19.0 Å². The molecular formula is C14H20N6O2S. The third-order valence-electron chi connectivity index (χ3n) is 2.91. The second-order valence-electron chi connectivity index (χ2n) is 5.26. The van der Waals surface area contributed by atoms with Crippen LogP contribution in [-0.2, 0) is 13.0 Å². The molecule has 0 radical (unpaired) electrons. The molecule has 0 saturated carbocycles. The first kappa shape index (κ1) is 17.1. The van der Waals surface area contributed by atoms with Crippen molar-refractivity contribution in [3.63, 3.8) is 0 Å². The molecule has 0 aromatic carbocycles. The van der Waals surface area contributed by atoms with Crippen LogP contribution in [0.5, 0.6) is 0 Å². The first-order valence-electron chi connectivity index (χ1n) is 7.00. The molecule has 0 aliphatic rings. The quantitative estimate of drug-likeness (QED) is 0.511. The van der Waals surface area contributed by atoms with Crippen LogP contribution >= 0.6 is 11.1 Å². The highest BCUT2D eigenvalue weighted by molar-refractivity contribution is 7.14. The Morgan fingerprint density at radius 1 is 1.39 bits per heavy atom. The largest absolute Gasteiger partial charge is 0.546 e. The lowest BCUT2D eigenvalue weighted by Crippen LogP contribution is -2.12. The Morgan fingerprint density at radius 2 is 2.13 bits per heavy atom. The summed E-state index contributed by atoms with van der Waals surface area (Å²) in [7, 11) is 3.97. The average Bonchev–Trinajstić information content (AvgIpc) is 2.80. The Kier molecular flexibility index (Phi) is 5.85. The smallest absolute Gasteiger partial charge is 0.232 e. The standard InChI is InChI=1S/C14H20N6O2S/c1-20(2)9-11-5-3-4-10(17-11)6-7-12(21)8-16-14-13(15)18-23(22)19-14/h3-5,7,21H,6,8-9H2,1-2H3,(H2,15,18)(H,16,19)/b12-7+. The first-order valence-corrected chi connectivity index (χ1v) is 8.07. The van der Waals surface area contributed by atoms with Gasteiger partial charge in [-0.25, -0.2) is 0 Å². The molecular weight excluding hydrogens is 316 g/mol. The maximum atomic E-state index is 11.1. The molecule has 4 N–H and O–H groups in total. The highest BCUT2D eigenvalue weighted by Gasteiger charge is 2.11. The van der Waals surface area contributed by atoms with Gasteiger partial charge in [0.2, 0.25) is 11.6 Å². The Balaban J connectivity index is 1.90. The molecule has 0 amide bonds. The van der Waals surface area contributed by atoms with E-state index in [1.165, 1.54) is 0 Å². The second-order valence-corrected chi connectivity index (χ2v) is 6.08. The van der Waals surface area contributed by atoms with Crippen molar-refractivity contribution in [3.8, 4) is 0 Å². The molecule has 0 aliphatic heterocycles. The normalized spacial score (nSPS) is 12.7. The van der Waals surface area contributed by atoms with Crippen LogP contribution in [0, 0.1) is 0 Å². The van der Waals surface area contributed by atoms with Crippen LogP contribution in [0.2, 0.25) is 0 Å². The number of anilines is 2. The number of nitrogens with zero attached hydrogens (tertiary/aromatic N) is 4.